The number of rotatable bonds is 4. The summed E-state index contributed by atoms with van der Waals surface area (Å²) in [4.78, 5) is 42.2. The van der Waals surface area contributed by atoms with Crippen LogP contribution in [0.15, 0.2) is 21.9 Å². The molecule has 0 radical (unpaired) electrons. The van der Waals surface area contributed by atoms with Gasteiger partial charge in [-0.25, -0.2) is 4.79 Å². The van der Waals surface area contributed by atoms with Gasteiger partial charge in [0.15, 0.2) is 6.23 Å². The minimum absolute atomic E-state index is 0.674. The van der Waals surface area contributed by atoms with Gasteiger partial charge in [-0.15, -0.1) is 0 Å². The second-order valence-electron chi connectivity index (χ2n) is 4.90. The number of hydrogen-bond donors (Lipinski definition) is 6. The van der Waals surface area contributed by atoms with Gasteiger partial charge in [0.25, 0.3) is 5.56 Å². The molecule has 5 atom stereocenters. The van der Waals surface area contributed by atoms with Crippen LogP contribution in [0.4, 0.5) is 0 Å². The summed E-state index contributed by atoms with van der Waals surface area (Å²) in [6, 6.07) is 0.989. The van der Waals surface area contributed by atoms with Crippen LogP contribution >= 0.6 is 7.60 Å². The van der Waals surface area contributed by atoms with Crippen molar-refractivity contribution < 1.29 is 34.4 Å². The third kappa shape index (κ3) is 3.52. The Morgan fingerprint density at radius 3 is 2.50 bits per heavy atom. The number of aromatic amines is 1. The summed E-state index contributed by atoms with van der Waals surface area (Å²) < 4.78 is 16.8. The Morgan fingerprint density at radius 2 is 1.95 bits per heavy atom. The summed E-state index contributed by atoms with van der Waals surface area (Å²) in [7, 11) is -4.57. The molecule has 0 unspecified atom stereocenters. The van der Waals surface area contributed by atoms with Crippen LogP contribution in [0, 0.1) is 0 Å². The zero-order chi connectivity index (χ0) is 16.7. The lowest BCUT2D eigenvalue weighted by Gasteiger charge is -2.21. The van der Waals surface area contributed by atoms with Crippen molar-refractivity contribution in [2.75, 3.05) is 6.16 Å². The summed E-state index contributed by atoms with van der Waals surface area (Å²) >= 11 is 0. The lowest BCUT2D eigenvalue weighted by Crippen LogP contribution is -2.40. The highest BCUT2D eigenvalue weighted by molar-refractivity contribution is 7.51. The fourth-order valence-electron chi connectivity index (χ4n) is 2.21. The molecule has 0 spiro atoms. The van der Waals surface area contributed by atoms with Gasteiger partial charge < -0.3 is 29.8 Å². The largest absolute Gasteiger partial charge is 0.390 e. The van der Waals surface area contributed by atoms with Crippen molar-refractivity contribution in [2.45, 2.75) is 30.6 Å². The van der Waals surface area contributed by atoms with Crippen molar-refractivity contribution in [3.05, 3.63) is 33.1 Å². The highest BCUT2D eigenvalue weighted by atomic mass is 31.2. The molecule has 1 aliphatic heterocycles. The smallest absolute Gasteiger partial charge is 0.330 e. The summed E-state index contributed by atoms with van der Waals surface area (Å²) in [6.45, 7) is 0. The first kappa shape index (κ1) is 17.0. The highest BCUT2D eigenvalue weighted by Gasteiger charge is 2.48. The van der Waals surface area contributed by atoms with Crippen molar-refractivity contribution in [1.82, 2.24) is 9.55 Å². The van der Waals surface area contributed by atoms with Crippen LogP contribution < -0.4 is 11.2 Å². The van der Waals surface area contributed by atoms with Gasteiger partial charge in [-0.2, -0.15) is 0 Å². The lowest BCUT2D eigenvalue weighted by atomic mass is 10.1. The molecule has 6 N–H and O–H groups in total. The Labute approximate surface area is 122 Å². The van der Waals surface area contributed by atoms with Gasteiger partial charge in [-0.1, -0.05) is 0 Å². The number of ether oxygens (including phenoxy) is 1. The molecule has 0 bridgehead atoms. The van der Waals surface area contributed by atoms with E-state index in [9.17, 15) is 29.5 Å². The molecule has 1 aliphatic rings. The number of aromatic nitrogens is 2. The predicted octanol–water partition coefficient (Wildman–Crippen LogP) is -3.31. The van der Waals surface area contributed by atoms with Gasteiger partial charge in [0, 0.05) is 12.3 Å². The van der Waals surface area contributed by atoms with Crippen LogP contribution in [0.2, 0.25) is 0 Å². The minimum atomic E-state index is -4.57. The van der Waals surface area contributed by atoms with E-state index in [0.29, 0.717) is 0 Å². The average molecular weight is 338 g/mol. The zero-order valence-electron chi connectivity index (χ0n) is 11.0. The molecule has 0 saturated carbocycles. The molecule has 0 aromatic carbocycles. The third-order valence-corrected chi connectivity index (χ3v) is 4.05. The molecule has 1 aromatic heterocycles. The first-order valence-electron chi connectivity index (χ1n) is 6.16. The third-order valence-electron chi connectivity index (χ3n) is 3.20. The SMILES string of the molecule is O=c1ccn([C@@H]2O[C@H]([C@H](O)CP(=O)(O)O)[C@@H](O)[C@@H]2O)c(=O)[nH]1. The van der Waals surface area contributed by atoms with Crippen molar-refractivity contribution >= 4 is 7.60 Å². The number of nitrogens with zero attached hydrogens (tertiary/aromatic N) is 1. The Morgan fingerprint density at radius 1 is 1.32 bits per heavy atom. The molecule has 22 heavy (non-hydrogen) atoms. The van der Waals surface area contributed by atoms with E-state index < -0.39 is 55.7 Å². The maximum atomic E-state index is 11.6. The van der Waals surface area contributed by atoms with Gasteiger partial charge in [-0.05, 0) is 0 Å². The van der Waals surface area contributed by atoms with Crippen LogP contribution in [-0.4, -0.2) is 65.2 Å². The van der Waals surface area contributed by atoms with Crippen LogP contribution in [0.25, 0.3) is 0 Å². The van der Waals surface area contributed by atoms with E-state index in [1.54, 1.807) is 0 Å². The average Bonchev–Trinajstić information content (AvgIpc) is 2.65. The second kappa shape index (κ2) is 6.05. The first-order chi connectivity index (χ1) is 10.1. The van der Waals surface area contributed by atoms with Crippen molar-refractivity contribution in [3.8, 4) is 0 Å². The number of hydrogen-bond acceptors (Lipinski definition) is 7. The van der Waals surface area contributed by atoms with E-state index in [0.717, 1.165) is 16.8 Å². The maximum Gasteiger partial charge on any atom is 0.330 e. The standard InChI is InChI=1S/C10H15N2O9P/c13-4(3-22(18,19)20)8-6(15)7(16)9(21-8)12-2-1-5(14)11-10(12)17/h1-2,4,6-9,13,15-16H,3H2,(H,11,14,17)(H2,18,19,20)/t4-,6+,7+,8-,9-/m1/s1. The van der Waals surface area contributed by atoms with Gasteiger partial charge in [0.05, 0.1) is 12.3 Å². The van der Waals surface area contributed by atoms with E-state index >= 15 is 0 Å². The summed E-state index contributed by atoms with van der Waals surface area (Å²) in [5, 5.41) is 29.4. The summed E-state index contributed by atoms with van der Waals surface area (Å²) in [6.07, 6.45) is -7.95. The molecule has 12 heteroatoms. The summed E-state index contributed by atoms with van der Waals surface area (Å²) in [5.41, 5.74) is -1.58. The molecular weight excluding hydrogens is 323 g/mol. The van der Waals surface area contributed by atoms with Gasteiger partial charge >= 0.3 is 13.3 Å². The summed E-state index contributed by atoms with van der Waals surface area (Å²) in [5.74, 6) is 0. The van der Waals surface area contributed by atoms with E-state index in [1.807, 2.05) is 4.98 Å². The van der Waals surface area contributed by atoms with Crippen molar-refractivity contribution in [3.63, 3.8) is 0 Å². The van der Waals surface area contributed by atoms with Gasteiger partial charge in [-0.3, -0.25) is 18.9 Å². The Hall–Kier alpha value is -1.33. The Balaban J connectivity index is 2.25. The molecule has 1 fully saturated rings. The van der Waals surface area contributed by atoms with Crippen LogP contribution in [0.3, 0.4) is 0 Å². The number of aliphatic hydroxyl groups is 3. The first-order valence-corrected chi connectivity index (χ1v) is 7.95. The number of nitrogens with one attached hydrogen (secondary N) is 1. The van der Waals surface area contributed by atoms with E-state index in [-0.39, 0.29) is 0 Å². The van der Waals surface area contributed by atoms with Gasteiger partial charge in [0.2, 0.25) is 0 Å². The molecule has 2 rings (SSSR count). The van der Waals surface area contributed by atoms with E-state index in [1.165, 1.54) is 0 Å². The molecule has 124 valence electrons. The van der Waals surface area contributed by atoms with Crippen molar-refractivity contribution in [1.29, 1.82) is 0 Å². The molecule has 1 aromatic rings. The second-order valence-corrected chi connectivity index (χ2v) is 6.60. The fourth-order valence-corrected chi connectivity index (χ4v) is 2.90. The minimum Gasteiger partial charge on any atom is -0.390 e. The molecule has 1 saturated heterocycles. The van der Waals surface area contributed by atoms with Crippen LogP contribution in [0.5, 0.6) is 0 Å². The molecule has 11 nitrogen and oxygen atoms in total. The molecular formula is C10H15N2O9P. The highest BCUT2D eigenvalue weighted by Crippen LogP contribution is 2.38. The van der Waals surface area contributed by atoms with E-state index in [2.05, 4.69) is 0 Å². The zero-order valence-corrected chi connectivity index (χ0v) is 11.9. The van der Waals surface area contributed by atoms with Crippen molar-refractivity contribution in [2.24, 2.45) is 0 Å². The Bertz CT molecular complexity index is 694. The normalized spacial score (nSPS) is 30.4. The van der Waals surface area contributed by atoms with E-state index in [4.69, 9.17) is 14.5 Å². The lowest BCUT2D eigenvalue weighted by molar-refractivity contribution is -0.0802. The molecule has 0 aliphatic carbocycles. The number of H-pyrrole nitrogens is 1. The fraction of sp³-hybridized carbons (Fsp3) is 0.600. The van der Waals surface area contributed by atoms with Crippen LogP contribution in [0.1, 0.15) is 6.23 Å². The maximum absolute atomic E-state index is 11.6. The number of aliphatic hydroxyl groups excluding tert-OH is 3. The predicted molar refractivity (Wildman–Crippen MR) is 70.2 cm³/mol. The van der Waals surface area contributed by atoms with Crippen LogP contribution in [-0.2, 0) is 9.30 Å². The van der Waals surface area contributed by atoms with Gasteiger partial charge in [0.1, 0.15) is 18.3 Å². The quantitative estimate of drug-likeness (QED) is 0.306. The topological polar surface area (TPSA) is 182 Å². The Kier molecular flexibility index (Phi) is 4.68. The molecule has 2 heterocycles. The molecule has 0 amide bonds. The monoisotopic (exact) mass is 338 g/mol.